The quantitative estimate of drug-likeness (QED) is 0.491. The second kappa shape index (κ2) is 5.18. The summed E-state index contributed by atoms with van der Waals surface area (Å²) in [5, 5.41) is 3.80. The van der Waals surface area contributed by atoms with Crippen molar-refractivity contribution in [2.75, 3.05) is 5.73 Å². The molecule has 2 aromatic rings. The first-order chi connectivity index (χ1) is 8.65. The smallest absolute Gasteiger partial charge is 0.271 e. The average molecular weight is 243 g/mol. The van der Waals surface area contributed by atoms with E-state index >= 15 is 0 Å². The highest BCUT2D eigenvalue weighted by molar-refractivity contribution is 5.95. The minimum Gasteiger partial charge on any atom is -0.460 e. The molecule has 18 heavy (non-hydrogen) atoms. The number of hydrogen-bond acceptors (Lipinski definition) is 4. The SMILES string of the molecule is Cc1ccc(/C=N\NC(=O)c2cccc(N)c2)o1. The molecule has 0 spiro atoms. The molecular weight excluding hydrogens is 230 g/mol. The Balaban J connectivity index is 1.98. The van der Waals surface area contributed by atoms with E-state index in [4.69, 9.17) is 10.2 Å². The molecule has 1 aromatic carbocycles. The number of furan rings is 1. The van der Waals surface area contributed by atoms with Gasteiger partial charge in [-0.25, -0.2) is 5.43 Å². The molecule has 0 saturated heterocycles. The number of anilines is 1. The van der Waals surface area contributed by atoms with Crippen molar-refractivity contribution < 1.29 is 9.21 Å². The molecule has 0 atom stereocenters. The number of aryl methyl sites for hydroxylation is 1. The molecule has 0 aliphatic heterocycles. The summed E-state index contributed by atoms with van der Waals surface area (Å²) in [6.07, 6.45) is 1.44. The first-order valence-electron chi connectivity index (χ1n) is 5.40. The van der Waals surface area contributed by atoms with Crippen LogP contribution in [0.15, 0.2) is 45.9 Å². The van der Waals surface area contributed by atoms with Gasteiger partial charge >= 0.3 is 0 Å². The van der Waals surface area contributed by atoms with E-state index in [2.05, 4.69) is 10.5 Å². The Labute approximate surface area is 104 Å². The van der Waals surface area contributed by atoms with Crippen molar-refractivity contribution in [1.29, 1.82) is 0 Å². The monoisotopic (exact) mass is 243 g/mol. The van der Waals surface area contributed by atoms with Crippen LogP contribution in [0.25, 0.3) is 0 Å². The largest absolute Gasteiger partial charge is 0.460 e. The van der Waals surface area contributed by atoms with Crippen molar-refractivity contribution in [3.63, 3.8) is 0 Å². The molecule has 0 aliphatic rings. The Morgan fingerprint density at radius 2 is 2.22 bits per heavy atom. The summed E-state index contributed by atoms with van der Waals surface area (Å²) in [6, 6.07) is 10.3. The molecule has 92 valence electrons. The molecule has 0 bridgehead atoms. The third-order valence-electron chi connectivity index (χ3n) is 2.27. The first kappa shape index (κ1) is 11.9. The predicted molar refractivity (Wildman–Crippen MR) is 69.4 cm³/mol. The number of nitrogen functional groups attached to an aromatic ring is 1. The lowest BCUT2D eigenvalue weighted by Crippen LogP contribution is -2.17. The zero-order chi connectivity index (χ0) is 13.0. The van der Waals surface area contributed by atoms with Gasteiger partial charge in [-0.3, -0.25) is 4.79 Å². The topological polar surface area (TPSA) is 80.6 Å². The molecule has 0 saturated carbocycles. The molecule has 5 heteroatoms. The van der Waals surface area contributed by atoms with Gasteiger partial charge in [0.1, 0.15) is 11.5 Å². The molecule has 0 aliphatic carbocycles. The Morgan fingerprint density at radius 3 is 2.89 bits per heavy atom. The molecule has 0 fully saturated rings. The number of nitrogens with zero attached hydrogens (tertiary/aromatic N) is 1. The Morgan fingerprint density at radius 1 is 1.39 bits per heavy atom. The lowest BCUT2D eigenvalue weighted by molar-refractivity contribution is 0.0955. The lowest BCUT2D eigenvalue weighted by atomic mass is 10.2. The molecule has 3 N–H and O–H groups in total. The molecule has 1 heterocycles. The highest BCUT2D eigenvalue weighted by Gasteiger charge is 2.03. The maximum atomic E-state index is 11.7. The predicted octanol–water partition coefficient (Wildman–Crippen LogP) is 1.93. The van der Waals surface area contributed by atoms with Crippen molar-refractivity contribution in [2.45, 2.75) is 6.92 Å². The van der Waals surface area contributed by atoms with Crippen LogP contribution >= 0.6 is 0 Å². The molecule has 0 unspecified atom stereocenters. The maximum Gasteiger partial charge on any atom is 0.271 e. The van der Waals surface area contributed by atoms with Gasteiger partial charge in [0.05, 0.1) is 6.21 Å². The van der Waals surface area contributed by atoms with Crippen LogP contribution < -0.4 is 11.2 Å². The Bertz CT molecular complexity index is 587. The van der Waals surface area contributed by atoms with Crippen LogP contribution in [0.2, 0.25) is 0 Å². The molecular formula is C13H13N3O2. The third kappa shape index (κ3) is 2.98. The zero-order valence-corrected chi connectivity index (χ0v) is 9.88. The van der Waals surface area contributed by atoms with Crippen molar-refractivity contribution in [3.8, 4) is 0 Å². The number of rotatable bonds is 3. The molecule has 2 rings (SSSR count). The van der Waals surface area contributed by atoms with Gasteiger partial charge in [-0.15, -0.1) is 0 Å². The Hall–Kier alpha value is -2.56. The van der Waals surface area contributed by atoms with Gasteiger partial charge in [-0.05, 0) is 37.3 Å². The van der Waals surface area contributed by atoms with Gasteiger partial charge in [0.2, 0.25) is 0 Å². The number of amides is 1. The van der Waals surface area contributed by atoms with Gasteiger partial charge in [-0.2, -0.15) is 5.10 Å². The van der Waals surface area contributed by atoms with Crippen molar-refractivity contribution in [1.82, 2.24) is 5.43 Å². The second-order valence-electron chi connectivity index (χ2n) is 3.77. The van der Waals surface area contributed by atoms with Crippen LogP contribution in [-0.2, 0) is 0 Å². The standard InChI is InChI=1S/C13H13N3O2/c1-9-5-6-12(18-9)8-15-16-13(17)10-3-2-4-11(14)7-10/h2-8H,14H2,1H3,(H,16,17)/b15-8-. The highest BCUT2D eigenvalue weighted by atomic mass is 16.3. The molecule has 1 amide bonds. The fourth-order valence-corrected chi connectivity index (χ4v) is 1.42. The van der Waals surface area contributed by atoms with Crippen LogP contribution in [-0.4, -0.2) is 12.1 Å². The van der Waals surface area contributed by atoms with E-state index in [1.165, 1.54) is 6.21 Å². The number of nitrogens with two attached hydrogens (primary N) is 1. The van der Waals surface area contributed by atoms with Gasteiger partial charge in [0.25, 0.3) is 5.91 Å². The van der Waals surface area contributed by atoms with Gasteiger partial charge < -0.3 is 10.2 Å². The summed E-state index contributed by atoms with van der Waals surface area (Å²) in [6.45, 7) is 1.84. The van der Waals surface area contributed by atoms with E-state index in [1.54, 1.807) is 30.3 Å². The fraction of sp³-hybridized carbons (Fsp3) is 0.0769. The summed E-state index contributed by atoms with van der Waals surface area (Å²) in [4.78, 5) is 11.7. The zero-order valence-electron chi connectivity index (χ0n) is 9.88. The van der Waals surface area contributed by atoms with E-state index < -0.39 is 0 Å². The van der Waals surface area contributed by atoms with Crippen molar-refractivity contribution in [2.24, 2.45) is 5.10 Å². The number of hydrogen-bond donors (Lipinski definition) is 2. The molecule has 0 radical (unpaired) electrons. The van der Waals surface area contributed by atoms with Gasteiger partial charge in [0, 0.05) is 11.3 Å². The fourth-order valence-electron chi connectivity index (χ4n) is 1.42. The third-order valence-corrected chi connectivity index (χ3v) is 2.27. The molecule has 5 nitrogen and oxygen atoms in total. The summed E-state index contributed by atoms with van der Waals surface area (Å²) in [7, 11) is 0. The van der Waals surface area contributed by atoms with E-state index in [0.717, 1.165) is 5.76 Å². The van der Waals surface area contributed by atoms with Crippen molar-refractivity contribution in [3.05, 3.63) is 53.5 Å². The summed E-state index contributed by atoms with van der Waals surface area (Å²) >= 11 is 0. The first-order valence-corrected chi connectivity index (χ1v) is 5.40. The number of carbonyl (C=O) groups is 1. The average Bonchev–Trinajstić information content (AvgIpc) is 2.75. The van der Waals surface area contributed by atoms with E-state index in [-0.39, 0.29) is 5.91 Å². The lowest BCUT2D eigenvalue weighted by Gasteiger charge is -2.00. The van der Waals surface area contributed by atoms with Crippen LogP contribution in [0, 0.1) is 6.92 Å². The number of hydrazone groups is 1. The highest BCUT2D eigenvalue weighted by Crippen LogP contribution is 2.06. The summed E-state index contributed by atoms with van der Waals surface area (Å²) in [5.41, 5.74) is 8.98. The number of carbonyl (C=O) groups excluding carboxylic acids is 1. The van der Waals surface area contributed by atoms with Crippen LogP contribution in [0.4, 0.5) is 5.69 Å². The Kier molecular flexibility index (Phi) is 3.43. The van der Waals surface area contributed by atoms with E-state index in [9.17, 15) is 4.79 Å². The van der Waals surface area contributed by atoms with Gasteiger partial charge in [0.15, 0.2) is 0 Å². The van der Waals surface area contributed by atoms with Crippen LogP contribution in [0.3, 0.4) is 0 Å². The minimum atomic E-state index is -0.318. The normalized spacial score (nSPS) is 10.7. The maximum absolute atomic E-state index is 11.7. The van der Waals surface area contributed by atoms with Gasteiger partial charge in [-0.1, -0.05) is 6.07 Å². The van der Waals surface area contributed by atoms with Crippen LogP contribution in [0.1, 0.15) is 21.9 Å². The molecule has 1 aromatic heterocycles. The van der Waals surface area contributed by atoms with E-state index in [1.807, 2.05) is 13.0 Å². The van der Waals surface area contributed by atoms with E-state index in [0.29, 0.717) is 17.0 Å². The van der Waals surface area contributed by atoms with Crippen LogP contribution in [0.5, 0.6) is 0 Å². The second-order valence-corrected chi connectivity index (χ2v) is 3.77. The minimum absolute atomic E-state index is 0.318. The van der Waals surface area contributed by atoms with Crippen molar-refractivity contribution >= 4 is 17.8 Å². The number of nitrogens with one attached hydrogen (secondary N) is 1. The summed E-state index contributed by atoms with van der Waals surface area (Å²) < 4.78 is 5.27. The summed E-state index contributed by atoms with van der Waals surface area (Å²) in [5.74, 6) is 1.06. The number of benzene rings is 1.